The highest BCUT2D eigenvalue weighted by molar-refractivity contribution is 5.46. The van der Waals surface area contributed by atoms with Crippen LogP contribution in [0.3, 0.4) is 0 Å². The number of hydrazine groups is 1. The van der Waals surface area contributed by atoms with Crippen molar-refractivity contribution in [2.45, 2.75) is 6.42 Å². The molecule has 2 heterocycles. The van der Waals surface area contributed by atoms with Gasteiger partial charge < -0.3 is 15.5 Å². The Balaban J connectivity index is 1.78. The molecule has 1 aromatic heterocycles. The molecule has 1 aliphatic heterocycles. The number of ether oxygens (including phenoxy) is 1. The number of rotatable bonds is 6. The van der Waals surface area contributed by atoms with Gasteiger partial charge in [-0.25, -0.2) is 19.6 Å². The van der Waals surface area contributed by atoms with Gasteiger partial charge >= 0.3 is 0 Å². The molecule has 1 aromatic rings. The van der Waals surface area contributed by atoms with Crippen molar-refractivity contribution < 1.29 is 13.5 Å². The fourth-order valence-corrected chi connectivity index (χ4v) is 2.03. The van der Waals surface area contributed by atoms with Crippen molar-refractivity contribution in [3.05, 3.63) is 17.7 Å². The van der Waals surface area contributed by atoms with Gasteiger partial charge in [-0.2, -0.15) is 0 Å². The number of halogens is 2. The SMILES string of the molecule is NNc1nc(NCCCN2CCOCC2)c(F)cc1F. The molecule has 0 aliphatic carbocycles. The molecule has 4 N–H and O–H groups in total. The lowest BCUT2D eigenvalue weighted by atomic mass is 10.3. The Bertz CT molecular complexity index is 440. The summed E-state index contributed by atoms with van der Waals surface area (Å²) in [6, 6.07) is 0.756. The number of nitrogens with one attached hydrogen (secondary N) is 2. The van der Waals surface area contributed by atoms with Crippen LogP contribution in [0, 0.1) is 11.6 Å². The summed E-state index contributed by atoms with van der Waals surface area (Å²) in [5.74, 6) is 3.38. The fourth-order valence-electron chi connectivity index (χ4n) is 2.03. The number of pyridine rings is 1. The Kier molecular flexibility index (Phi) is 5.45. The van der Waals surface area contributed by atoms with Crippen molar-refractivity contribution in [3.8, 4) is 0 Å². The van der Waals surface area contributed by atoms with E-state index in [2.05, 4.69) is 20.6 Å². The lowest BCUT2D eigenvalue weighted by Gasteiger charge is -2.26. The number of nitrogen functional groups attached to an aromatic ring is 1. The zero-order valence-electron chi connectivity index (χ0n) is 11.2. The van der Waals surface area contributed by atoms with Crippen molar-refractivity contribution in [3.63, 3.8) is 0 Å². The molecule has 8 heteroatoms. The average Bonchev–Trinajstić information content (AvgIpc) is 2.46. The second-order valence-corrected chi connectivity index (χ2v) is 4.53. The van der Waals surface area contributed by atoms with Crippen LogP contribution in [-0.4, -0.2) is 49.3 Å². The molecule has 20 heavy (non-hydrogen) atoms. The number of nitrogens with two attached hydrogens (primary N) is 1. The largest absolute Gasteiger partial charge is 0.379 e. The number of hydrogen-bond acceptors (Lipinski definition) is 6. The van der Waals surface area contributed by atoms with Gasteiger partial charge in [0.05, 0.1) is 13.2 Å². The molecule has 0 bridgehead atoms. The maximum absolute atomic E-state index is 13.5. The minimum atomic E-state index is -0.816. The first-order chi connectivity index (χ1) is 9.70. The molecule has 0 atom stereocenters. The van der Waals surface area contributed by atoms with E-state index in [1.165, 1.54) is 0 Å². The van der Waals surface area contributed by atoms with Crippen molar-refractivity contribution in [2.24, 2.45) is 5.84 Å². The fraction of sp³-hybridized carbons (Fsp3) is 0.583. The highest BCUT2D eigenvalue weighted by Gasteiger charge is 2.12. The van der Waals surface area contributed by atoms with E-state index in [1.807, 2.05) is 0 Å². The van der Waals surface area contributed by atoms with Crippen LogP contribution in [-0.2, 0) is 4.74 Å². The minimum absolute atomic E-state index is 0.00123. The maximum Gasteiger partial charge on any atom is 0.178 e. The van der Waals surface area contributed by atoms with Gasteiger partial charge in [-0.15, -0.1) is 0 Å². The maximum atomic E-state index is 13.5. The molecule has 0 spiro atoms. The molecule has 0 saturated carbocycles. The van der Waals surface area contributed by atoms with Gasteiger partial charge in [-0.05, 0) is 13.0 Å². The third kappa shape index (κ3) is 3.99. The van der Waals surface area contributed by atoms with Gasteiger partial charge in [0, 0.05) is 25.7 Å². The number of aromatic nitrogens is 1. The molecule has 0 aromatic carbocycles. The summed E-state index contributed by atoms with van der Waals surface area (Å²) in [6.45, 7) is 4.81. The molecule has 1 aliphatic rings. The Morgan fingerprint density at radius 3 is 2.65 bits per heavy atom. The quantitative estimate of drug-likeness (QED) is 0.408. The molecule has 0 radical (unpaired) electrons. The van der Waals surface area contributed by atoms with Crippen LogP contribution in [0.2, 0.25) is 0 Å². The molecule has 1 saturated heterocycles. The van der Waals surface area contributed by atoms with Gasteiger partial charge in [0.15, 0.2) is 23.3 Å². The second-order valence-electron chi connectivity index (χ2n) is 4.53. The van der Waals surface area contributed by atoms with E-state index in [-0.39, 0.29) is 11.6 Å². The zero-order valence-corrected chi connectivity index (χ0v) is 11.2. The summed E-state index contributed by atoms with van der Waals surface area (Å²) in [5.41, 5.74) is 2.09. The zero-order chi connectivity index (χ0) is 14.4. The van der Waals surface area contributed by atoms with Gasteiger partial charge in [-0.3, -0.25) is 4.90 Å². The van der Waals surface area contributed by atoms with Crippen molar-refractivity contribution in [1.29, 1.82) is 0 Å². The summed E-state index contributed by atoms with van der Waals surface area (Å²) in [7, 11) is 0. The third-order valence-corrected chi connectivity index (χ3v) is 3.11. The lowest BCUT2D eigenvalue weighted by molar-refractivity contribution is 0.0378. The smallest absolute Gasteiger partial charge is 0.178 e. The van der Waals surface area contributed by atoms with Crippen LogP contribution < -0.4 is 16.6 Å². The van der Waals surface area contributed by atoms with Gasteiger partial charge in [0.2, 0.25) is 0 Å². The summed E-state index contributed by atoms with van der Waals surface area (Å²) in [4.78, 5) is 6.03. The van der Waals surface area contributed by atoms with E-state index in [0.29, 0.717) is 6.54 Å². The van der Waals surface area contributed by atoms with Gasteiger partial charge in [0.25, 0.3) is 0 Å². The van der Waals surface area contributed by atoms with E-state index in [9.17, 15) is 8.78 Å². The summed E-state index contributed by atoms with van der Waals surface area (Å²) in [5, 5.41) is 2.85. The number of anilines is 2. The normalized spacial score (nSPS) is 16.1. The van der Waals surface area contributed by atoms with Crippen LogP contribution in [0.25, 0.3) is 0 Å². The van der Waals surface area contributed by atoms with E-state index in [4.69, 9.17) is 10.6 Å². The summed E-state index contributed by atoms with van der Waals surface area (Å²) < 4.78 is 31.9. The first kappa shape index (κ1) is 14.9. The van der Waals surface area contributed by atoms with Gasteiger partial charge in [-0.1, -0.05) is 0 Å². The van der Waals surface area contributed by atoms with Crippen LogP contribution in [0.5, 0.6) is 0 Å². The van der Waals surface area contributed by atoms with Crippen LogP contribution in [0.4, 0.5) is 20.4 Å². The van der Waals surface area contributed by atoms with Crippen molar-refractivity contribution in [1.82, 2.24) is 9.88 Å². The standard InChI is InChI=1S/C12H19F2N5O/c13-9-8-10(14)12(18-15)17-11(9)16-2-1-3-19-4-6-20-7-5-19/h8H,1-7,15H2,(H2,16,17,18). The number of morpholine rings is 1. The monoisotopic (exact) mass is 287 g/mol. The Morgan fingerprint density at radius 1 is 1.25 bits per heavy atom. The molecular formula is C12H19F2N5O. The Morgan fingerprint density at radius 2 is 1.95 bits per heavy atom. The molecule has 2 rings (SSSR count). The molecule has 112 valence electrons. The van der Waals surface area contributed by atoms with E-state index >= 15 is 0 Å². The highest BCUT2D eigenvalue weighted by Crippen LogP contribution is 2.18. The molecular weight excluding hydrogens is 268 g/mol. The second kappa shape index (κ2) is 7.32. The molecule has 0 amide bonds. The third-order valence-electron chi connectivity index (χ3n) is 3.11. The van der Waals surface area contributed by atoms with Gasteiger partial charge in [0.1, 0.15) is 0 Å². The van der Waals surface area contributed by atoms with E-state index < -0.39 is 11.6 Å². The minimum Gasteiger partial charge on any atom is -0.379 e. The molecule has 0 unspecified atom stereocenters. The predicted molar refractivity (Wildman–Crippen MR) is 72.3 cm³/mol. The summed E-state index contributed by atoms with van der Waals surface area (Å²) in [6.07, 6.45) is 0.837. The predicted octanol–water partition coefficient (Wildman–Crippen LogP) is 0.780. The lowest BCUT2D eigenvalue weighted by Crippen LogP contribution is -2.37. The van der Waals surface area contributed by atoms with Crippen LogP contribution in [0.15, 0.2) is 6.07 Å². The highest BCUT2D eigenvalue weighted by atomic mass is 19.1. The Hall–Kier alpha value is -1.51. The van der Waals surface area contributed by atoms with Crippen molar-refractivity contribution >= 4 is 11.6 Å². The van der Waals surface area contributed by atoms with Crippen molar-refractivity contribution in [2.75, 3.05) is 50.1 Å². The van der Waals surface area contributed by atoms with E-state index in [1.54, 1.807) is 0 Å². The first-order valence-electron chi connectivity index (χ1n) is 6.57. The topological polar surface area (TPSA) is 75.4 Å². The Labute approximate surface area is 116 Å². The molecule has 6 nitrogen and oxygen atoms in total. The van der Waals surface area contributed by atoms with Crippen LogP contribution >= 0.6 is 0 Å². The average molecular weight is 287 g/mol. The first-order valence-corrected chi connectivity index (χ1v) is 6.57. The number of hydrogen-bond donors (Lipinski definition) is 3. The number of nitrogens with zero attached hydrogens (tertiary/aromatic N) is 2. The van der Waals surface area contributed by atoms with Crippen LogP contribution in [0.1, 0.15) is 6.42 Å². The summed E-state index contributed by atoms with van der Waals surface area (Å²) >= 11 is 0. The van der Waals surface area contributed by atoms with E-state index in [0.717, 1.165) is 45.3 Å². The molecule has 1 fully saturated rings.